The number of aliphatic carboxylic acids is 1. The van der Waals surface area contributed by atoms with Gasteiger partial charge in [0.15, 0.2) is 0 Å². The molecule has 8 nitrogen and oxygen atoms in total. The second-order valence-electron chi connectivity index (χ2n) is 7.22. The molecule has 0 saturated carbocycles. The molecule has 29 heavy (non-hydrogen) atoms. The fourth-order valence-electron chi connectivity index (χ4n) is 3.66. The number of hydrogen-bond donors (Lipinski definition) is 3. The predicted octanol–water partition coefficient (Wildman–Crippen LogP) is 2.32. The Labute approximate surface area is 167 Å². The third-order valence-electron chi connectivity index (χ3n) is 5.01. The number of rotatable bonds is 4. The molecule has 1 aromatic carbocycles. The van der Waals surface area contributed by atoms with Gasteiger partial charge in [-0.05, 0) is 62.9 Å². The summed E-state index contributed by atoms with van der Waals surface area (Å²) in [4.78, 5) is 53.0. The molecule has 1 fully saturated rings. The predicted molar refractivity (Wildman–Crippen MR) is 107 cm³/mol. The first kappa shape index (κ1) is 20.3. The standard InChI is InChI=1S/C21H23N3O5/c1-12-10-13(2)22-18(25)17(12)19(26)23-15-7-5-6-14(11-15)20(27)24-9-4-3-8-16(24)21(28)29/h5-7,10-11,16H,3-4,8-9H2,1-2H3,(H,22,25)(H,23,26)(H,28,29). The van der Waals surface area contributed by atoms with Crippen molar-refractivity contribution in [2.24, 2.45) is 0 Å². The summed E-state index contributed by atoms with van der Waals surface area (Å²) in [6.45, 7) is 3.79. The number of carboxylic acid groups (broad SMARTS) is 1. The van der Waals surface area contributed by atoms with E-state index in [0.717, 1.165) is 12.8 Å². The number of piperidine rings is 1. The molecule has 1 atom stereocenters. The van der Waals surface area contributed by atoms with E-state index in [2.05, 4.69) is 10.3 Å². The minimum absolute atomic E-state index is 0.00861. The number of carbonyl (C=O) groups is 3. The van der Waals surface area contributed by atoms with Crippen LogP contribution >= 0.6 is 0 Å². The Kier molecular flexibility index (Phi) is 5.81. The number of amides is 2. The van der Waals surface area contributed by atoms with Crippen LogP contribution in [0.4, 0.5) is 5.69 Å². The molecular formula is C21H23N3O5. The summed E-state index contributed by atoms with van der Waals surface area (Å²) in [6, 6.07) is 7.15. The first-order valence-electron chi connectivity index (χ1n) is 9.43. The minimum atomic E-state index is -1.02. The van der Waals surface area contributed by atoms with Crippen LogP contribution < -0.4 is 10.9 Å². The summed E-state index contributed by atoms with van der Waals surface area (Å²) in [5.74, 6) is -1.98. The van der Waals surface area contributed by atoms with Crippen molar-refractivity contribution in [3.8, 4) is 0 Å². The number of carboxylic acids is 1. The van der Waals surface area contributed by atoms with Crippen LogP contribution in [0.5, 0.6) is 0 Å². The maximum absolute atomic E-state index is 12.9. The molecule has 1 unspecified atom stereocenters. The molecule has 8 heteroatoms. The van der Waals surface area contributed by atoms with Gasteiger partial charge >= 0.3 is 5.97 Å². The molecule has 1 aromatic heterocycles. The van der Waals surface area contributed by atoms with Crippen LogP contribution in [0.25, 0.3) is 0 Å². The van der Waals surface area contributed by atoms with Gasteiger partial charge < -0.3 is 20.3 Å². The number of nitrogens with one attached hydrogen (secondary N) is 2. The van der Waals surface area contributed by atoms with Gasteiger partial charge in [0, 0.05) is 23.5 Å². The largest absolute Gasteiger partial charge is 0.480 e. The molecule has 3 N–H and O–H groups in total. The van der Waals surface area contributed by atoms with Crippen LogP contribution in [0.15, 0.2) is 35.1 Å². The lowest BCUT2D eigenvalue weighted by Crippen LogP contribution is -2.48. The number of carbonyl (C=O) groups excluding carboxylic acids is 2. The Bertz CT molecular complexity index is 1030. The monoisotopic (exact) mass is 397 g/mol. The summed E-state index contributed by atoms with van der Waals surface area (Å²) in [6.07, 6.45) is 1.94. The Morgan fingerprint density at radius 1 is 1.17 bits per heavy atom. The number of likely N-dealkylation sites (tertiary alicyclic amines) is 1. The molecular weight excluding hydrogens is 374 g/mol. The van der Waals surface area contributed by atoms with Crippen molar-refractivity contribution in [3.05, 3.63) is 63.1 Å². The lowest BCUT2D eigenvalue weighted by molar-refractivity contribution is -0.143. The van der Waals surface area contributed by atoms with Crippen molar-refractivity contribution in [2.75, 3.05) is 11.9 Å². The lowest BCUT2D eigenvalue weighted by Gasteiger charge is -2.33. The van der Waals surface area contributed by atoms with Crippen molar-refractivity contribution in [1.82, 2.24) is 9.88 Å². The SMILES string of the molecule is Cc1cc(C)c(C(=O)Nc2cccc(C(=O)N3CCCCC3C(=O)O)c2)c(=O)[nH]1. The molecule has 0 spiro atoms. The molecule has 2 heterocycles. The van der Waals surface area contributed by atoms with Gasteiger partial charge in [0.25, 0.3) is 17.4 Å². The average Bonchev–Trinajstić information content (AvgIpc) is 2.66. The zero-order valence-corrected chi connectivity index (χ0v) is 16.3. The van der Waals surface area contributed by atoms with Gasteiger partial charge in [0.1, 0.15) is 11.6 Å². The van der Waals surface area contributed by atoms with Gasteiger partial charge in [-0.15, -0.1) is 0 Å². The van der Waals surface area contributed by atoms with Gasteiger partial charge in [0.05, 0.1) is 0 Å². The normalized spacial score (nSPS) is 16.3. The van der Waals surface area contributed by atoms with E-state index in [9.17, 15) is 24.3 Å². The van der Waals surface area contributed by atoms with E-state index in [1.54, 1.807) is 38.1 Å². The Hall–Kier alpha value is -3.42. The third kappa shape index (κ3) is 4.37. The summed E-state index contributed by atoms with van der Waals surface area (Å²) in [5, 5.41) is 12.0. The fourth-order valence-corrected chi connectivity index (χ4v) is 3.66. The third-order valence-corrected chi connectivity index (χ3v) is 5.01. The molecule has 1 saturated heterocycles. The number of hydrogen-bond acceptors (Lipinski definition) is 4. The van der Waals surface area contributed by atoms with Crippen LogP contribution in [-0.2, 0) is 4.79 Å². The Balaban J connectivity index is 1.83. The number of aromatic nitrogens is 1. The van der Waals surface area contributed by atoms with E-state index in [1.165, 1.54) is 11.0 Å². The topological polar surface area (TPSA) is 120 Å². The molecule has 2 amide bonds. The highest BCUT2D eigenvalue weighted by molar-refractivity contribution is 6.06. The zero-order valence-electron chi connectivity index (χ0n) is 16.3. The van der Waals surface area contributed by atoms with E-state index in [1.807, 2.05) is 0 Å². The highest BCUT2D eigenvalue weighted by Crippen LogP contribution is 2.21. The van der Waals surface area contributed by atoms with Crippen molar-refractivity contribution >= 4 is 23.5 Å². The van der Waals surface area contributed by atoms with E-state index in [4.69, 9.17) is 0 Å². The first-order chi connectivity index (χ1) is 13.8. The van der Waals surface area contributed by atoms with Gasteiger partial charge in [-0.1, -0.05) is 6.07 Å². The molecule has 0 aliphatic carbocycles. The van der Waals surface area contributed by atoms with E-state index >= 15 is 0 Å². The van der Waals surface area contributed by atoms with Gasteiger partial charge in [-0.25, -0.2) is 4.79 Å². The number of H-pyrrole nitrogens is 1. The van der Waals surface area contributed by atoms with Gasteiger partial charge in [-0.3, -0.25) is 14.4 Å². The first-order valence-corrected chi connectivity index (χ1v) is 9.43. The highest BCUT2D eigenvalue weighted by Gasteiger charge is 2.32. The van der Waals surface area contributed by atoms with Crippen LogP contribution in [0.3, 0.4) is 0 Å². The van der Waals surface area contributed by atoms with Crippen LogP contribution in [0.2, 0.25) is 0 Å². The summed E-state index contributed by atoms with van der Waals surface area (Å²) in [5.41, 5.74) is 1.37. The summed E-state index contributed by atoms with van der Waals surface area (Å²) < 4.78 is 0. The molecule has 2 aromatic rings. The minimum Gasteiger partial charge on any atom is -0.480 e. The fraction of sp³-hybridized carbons (Fsp3) is 0.333. The number of pyridine rings is 1. The maximum Gasteiger partial charge on any atom is 0.326 e. The maximum atomic E-state index is 12.9. The van der Waals surface area contributed by atoms with Crippen molar-refractivity contribution in [3.63, 3.8) is 0 Å². The number of nitrogens with zero attached hydrogens (tertiary/aromatic N) is 1. The number of anilines is 1. The van der Waals surface area contributed by atoms with Crippen molar-refractivity contribution in [1.29, 1.82) is 0 Å². The smallest absolute Gasteiger partial charge is 0.326 e. The zero-order chi connectivity index (χ0) is 21.1. The number of aryl methyl sites for hydroxylation is 2. The molecule has 3 rings (SSSR count). The van der Waals surface area contributed by atoms with E-state index < -0.39 is 29.4 Å². The lowest BCUT2D eigenvalue weighted by atomic mass is 10.0. The highest BCUT2D eigenvalue weighted by atomic mass is 16.4. The van der Waals surface area contributed by atoms with Gasteiger partial charge in [-0.2, -0.15) is 0 Å². The molecule has 152 valence electrons. The second kappa shape index (κ2) is 8.30. The number of aromatic amines is 1. The molecule has 0 bridgehead atoms. The van der Waals surface area contributed by atoms with Crippen LogP contribution in [-0.4, -0.2) is 45.4 Å². The molecule has 1 aliphatic heterocycles. The van der Waals surface area contributed by atoms with Crippen molar-refractivity contribution < 1.29 is 19.5 Å². The molecule has 1 aliphatic rings. The van der Waals surface area contributed by atoms with Crippen LogP contribution in [0, 0.1) is 13.8 Å². The summed E-state index contributed by atoms with van der Waals surface area (Å²) >= 11 is 0. The number of benzene rings is 1. The summed E-state index contributed by atoms with van der Waals surface area (Å²) in [7, 11) is 0. The second-order valence-corrected chi connectivity index (χ2v) is 7.22. The average molecular weight is 397 g/mol. The molecule has 0 radical (unpaired) electrons. The Morgan fingerprint density at radius 2 is 1.93 bits per heavy atom. The van der Waals surface area contributed by atoms with Crippen molar-refractivity contribution in [2.45, 2.75) is 39.2 Å². The quantitative estimate of drug-likeness (QED) is 0.731. The Morgan fingerprint density at radius 3 is 2.62 bits per heavy atom. The van der Waals surface area contributed by atoms with Crippen LogP contribution in [0.1, 0.15) is 51.2 Å². The van der Waals surface area contributed by atoms with E-state index in [-0.39, 0.29) is 11.1 Å². The van der Waals surface area contributed by atoms with E-state index in [0.29, 0.717) is 29.9 Å². The van der Waals surface area contributed by atoms with Gasteiger partial charge in [0.2, 0.25) is 0 Å².